The van der Waals surface area contributed by atoms with Crippen LogP contribution in [0.2, 0.25) is 0 Å². The Morgan fingerprint density at radius 1 is 0.968 bits per heavy atom. The first-order valence-electron chi connectivity index (χ1n) is 9.75. The second kappa shape index (κ2) is 8.64. The monoisotopic (exact) mass is 412 g/mol. The summed E-state index contributed by atoms with van der Waals surface area (Å²) in [6.45, 7) is 0.232. The number of nitrogens with one attached hydrogen (secondary N) is 1. The van der Waals surface area contributed by atoms with E-state index in [1.165, 1.54) is 6.07 Å². The molecule has 4 rings (SSSR count). The molecule has 1 aliphatic carbocycles. The van der Waals surface area contributed by atoms with Crippen molar-refractivity contribution in [2.24, 2.45) is 0 Å². The first-order valence-corrected chi connectivity index (χ1v) is 9.75. The standard InChI is InChI=1S/C25H20N2O4/c26-22-13-5-7-16(23(22)24(28)29)8-6-14-27-25(30)31-15-21-19-11-3-1-9-17(19)18-10-2-4-12-20(18)21/h1-5,7,9-13,21H,14-15,26H2,(H,27,30)(H,28,29). The van der Waals surface area contributed by atoms with E-state index in [0.717, 1.165) is 22.3 Å². The third-order valence-corrected chi connectivity index (χ3v) is 5.20. The van der Waals surface area contributed by atoms with E-state index in [0.29, 0.717) is 5.56 Å². The topological polar surface area (TPSA) is 102 Å². The van der Waals surface area contributed by atoms with Crippen LogP contribution in [0.25, 0.3) is 11.1 Å². The number of alkyl carbamates (subject to hydrolysis) is 1. The highest BCUT2D eigenvalue weighted by Gasteiger charge is 2.28. The summed E-state index contributed by atoms with van der Waals surface area (Å²) >= 11 is 0. The van der Waals surface area contributed by atoms with E-state index in [9.17, 15) is 14.7 Å². The lowest BCUT2D eigenvalue weighted by Crippen LogP contribution is -2.26. The fraction of sp³-hybridized carbons (Fsp3) is 0.120. The Morgan fingerprint density at radius 2 is 1.61 bits per heavy atom. The van der Waals surface area contributed by atoms with E-state index >= 15 is 0 Å². The van der Waals surface area contributed by atoms with Crippen molar-refractivity contribution in [3.05, 3.63) is 89.0 Å². The van der Waals surface area contributed by atoms with E-state index in [2.05, 4.69) is 41.4 Å². The average Bonchev–Trinajstić information content (AvgIpc) is 3.09. The maximum Gasteiger partial charge on any atom is 0.407 e. The van der Waals surface area contributed by atoms with Crippen molar-refractivity contribution in [1.82, 2.24) is 5.32 Å². The Balaban J connectivity index is 1.37. The van der Waals surface area contributed by atoms with Crippen molar-refractivity contribution >= 4 is 17.7 Å². The number of carbonyl (C=O) groups is 2. The van der Waals surface area contributed by atoms with E-state index in [1.54, 1.807) is 12.1 Å². The van der Waals surface area contributed by atoms with Crippen LogP contribution in [0.3, 0.4) is 0 Å². The fourth-order valence-corrected chi connectivity index (χ4v) is 3.82. The summed E-state index contributed by atoms with van der Waals surface area (Å²) in [7, 11) is 0. The number of hydrogen-bond donors (Lipinski definition) is 3. The van der Waals surface area contributed by atoms with Crippen LogP contribution in [0.4, 0.5) is 10.5 Å². The number of aromatic carboxylic acids is 1. The fourth-order valence-electron chi connectivity index (χ4n) is 3.82. The van der Waals surface area contributed by atoms with Crippen molar-refractivity contribution in [2.45, 2.75) is 5.92 Å². The minimum atomic E-state index is -1.15. The molecule has 0 saturated carbocycles. The van der Waals surface area contributed by atoms with Crippen LogP contribution in [0.5, 0.6) is 0 Å². The van der Waals surface area contributed by atoms with Crippen molar-refractivity contribution in [2.75, 3.05) is 18.9 Å². The predicted octanol–water partition coefficient (Wildman–Crippen LogP) is 3.86. The quantitative estimate of drug-likeness (QED) is 0.446. The number of ether oxygens (including phenoxy) is 1. The number of nitrogen functional groups attached to an aromatic ring is 1. The van der Waals surface area contributed by atoms with Gasteiger partial charge in [-0.15, -0.1) is 0 Å². The third kappa shape index (κ3) is 4.07. The molecule has 0 aliphatic heterocycles. The van der Waals surface area contributed by atoms with Crippen LogP contribution in [0.15, 0.2) is 66.7 Å². The van der Waals surface area contributed by atoms with Gasteiger partial charge in [0.25, 0.3) is 0 Å². The molecule has 0 spiro atoms. The van der Waals surface area contributed by atoms with Gasteiger partial charge < -0.3 is 20.9 Å². The Labute approximate surface area is 179 Å². The normalized spacial score (nSPS) is 11.6. The van der Waals surface area contributed by atoms with E-state index in [-0.39, 0.29) is 30.3 Å². The molecule has 31 heavy (non-hydrogen) atoms. The van der Waals surface area contributed by atoms with Gasteiger partial charge in [-0.3, -0.25) is 0 Å². The van der Waals surface area contributed by atoms with E-state index in [4.69, 9.17) is 10.5 Å². The summed E-state index contributed by atoms with van der Waals surface area (Å²) in [6, 6.07) is 20.9. The Morgan fingerprint density at radius 3 is 2.26 bits per heavy atom. The Kier molecular flexibility index (Phi) is 5.59. The molecule has 0 fully saturated rings. The number of carboxylic acids is 1. The lowest BCUT2D eigenvalue weighted by Gasteiger charge is -2.14. The Hall–Kier alpha value is -4.24. The highest BCUT2D eigenvalue weighted by Crippen LogP contribution is 2.44. The van der Waals surface area contributed by atoms with Gasteiger partial charge in [-0.05, 0) is 34.4 Å². The van der Waals surface area contributed by atoms with Crippen LogP contribution < -0.4 is 11.1 Å². The summed E-state index contributed by atoms with van der Waals surface area (Å²) in [4.78, 5) is 23.5. The minimum absolute atomic E-state index is 0.0184. The summed E-state index contributed by atoms with van der Waals surface area (Å²) in [5.74, 6) is 4.30. The second-order valence-corrected chi connectivity index (χ2v) is 7.06. The van der Waals surface area contributed by atoms with Gasteiger partial charge in [0.2, 0.25) is 0 Å². The number of rotatable bonds is 4. The molecular formula is C25H20N2O4. The van der Waals surface area contributed by atoms with Gasteiger partial charge in [0, 0.05) is 17.2 Å². The molecule has 3 aromatic rings. The van der Waals surface area contributed by atoms with Gasteiger partial charge >= 0.3 is 12.1 Å². The molecule has 1 amide bonds. The molecule has 0 atom stereocenters. The van der Waals surface area contributed by atoms with Gasteiger partial charge in [0.1, 0.15) is 6.61 Å². The predicted molar refractivity (Wildman–Crippen MR) is 118 cm³/mol. The molecule has 3 aromatic carbocycles. The average molecular weight is 412 g/mol. The van der Waals surface area contributed by atoms with Crippen molar-refractivity contribution in [3.8, 4) is 23.0 Å². The summed E-state index contributed by atoms with van der Waals surface area (Å²) < 4.78 is 5.44. The highest BCUT2D eigenvalue weighted by atomic mass is 16.5. The van der Waals surface area contributed by atoms with Gasteiger partial charge in [0.15, 0.2) is 0 Å². The largest absolute Gasteiger partial charge is 0.478 e. The molecule has 6 nitrogen and oxygen atoms in total. The van der Waals surface area contributed by atoms with Gasteiger partial charge in [-0.2, -0.15) is 0 Å². The molecule has 154 valence electrons. The molecule has 0 unspecified atom stereocenters. The zero-order valence-electron chi connectivity index (χ0n) is 16.6. The molecule has 0 aromatic heterocycles. The number of amides is 1. The van der Waals surface area contributed by atoms with Crippen molar-refractivity contribution < 1.29 is 19.4 Å². The maximum absolute atomic E-state index is 12.1. The van der Waals surface area contributed by atoms with Crippen LogP contribution in [0.1, 0.15) is 33.0 Å². The van der Waals surface area contributed by atoms with Crippen molar-refractivity contribution in [3.63, 3.8) is 0 Å². The number of fused-ring (bicyclic) bond motifs is 3. The maximum atomic E-state index is 12.1. The molecule has 0 saturated heterocycles. The van der Waals surface area contributed by atoms with Gasteiger partial charge in [-0.1, -0.05) is 66.4 Å². The first-order chi connectivity index (χ1) is 15.1. The number of hydrogen-bond acceptors (Lipinski definition) is 4. The van der Waals surface area contributed by atoms with Crippen LogP contribution in [-0.2, 0) is 4.74 Å². The summed E-state index contributed by atoms with van der Waals surface area (Å²) in [5.41, 5.74) is 10.7. The summed E-state index contributed by atoms with van der Waals surface area (Å²) in [6.07, 6.45) is -0.581. The van der Waals surface area contributed by atoms with Gasteiger partial charge in [0.05, 0.1) is 12.1 Å². The number of nitrogens with two attached hydrogens (primary N) is 1. The van der Waals surface area contributed by atoms with E-state index in [1.807, 2.05) is 24.3 Å². The number of carbonyl (C=O) groups excluding carboxylic acids is 1. The minimum Gasteiger partial charge on any atom is -0.478 e. The summed E-state index contributed by atoms with van der Waals surface area (Å²) in [5, 5.41) is 11.8. The number of carboxylic acid groups (broad SMARTS) is 1. The second-order valence-electron chi connectivity index (χ2n) is 7.06. The zero-order valence-corrected chi connectivity index (χ0v) is 16.6. The number of anilines is 1. The van der Waals surface area contributed by atoms with Crippen molar-refractivity contribution in [1.29, 1.82) is 0 Å². The van der Waals surface area contributed by atoms with Crippen LogP contribution in [0, 0.1) is 11.8 Å². The zero-order chi connectivity index (χ0) is 21.8. The first kappa shape index (κ1) is 20.0. The van der Waals surface area contributed by atoms with Gasteiger partial charge in [-0.25, -0.2) is 9.59 Å². The molecular weight excluding hydrogens is 392 g/mol. The lowest BCUT2D eigenvalue weighted by atomic mass is 9.98. The molecule has 0 bridgehead atoms. The van der Waals surface area contributed by atoms with E-state index < -0.39 is 12.1 Å². The highest BCUT2D eigenvalue weighted by molar-refractivity contribution is 5.96. The SMILES string of the molecule is Nc1cccc(C#CCNC(=O)OCC2c3ccccc3-c3ccccc32)c1C(=O)O. The Bertz CT molecular complexity index is 1180. The third-order valence-electron chi connectivity index (χ3n) is 5.20. The smallest absolute Gasteiger partial charge is 0.407 e. The molecule has 6 heteroatoms. The lowest BCUT2D eigenvalue weighted by molar-refractivity contribution is 0.0697. The molecule has 1 aliphatic rings. The molecule has 0 radical (unpaired) electrons. The van der Waals surface area contributed by atoms with Crippen LogP contribution >= 0.6 is 0 Å². The molecule has 4 N–H and O–H groups in total. The number of benzene rings is 3. The molecule has 0 heterocycles. The van der Waals surface area contributed by atoms with Crippen LogP contribution in [-0.4, -0.2) is 30.3 Å².